The quantitative estimate of drug-likeness (QED) is 0.610. The number of urea groups is 1. The lowest BCUT2D eigenvalue weighted by atomic mass is 10.1. The van der Waals surface area contributed by atoms with E-state index < -0.39 is 6.03 Å². The number of amides is 2. The van der Waals surface area contributed by atoms with Gasteiger partial charge in [-0.25, -0.2) is 9.78 Å². The lowest BCUT2D eigenvalue weighted by molar-refractivity contribution is 0.254. The molecule has 1 aromatic heterocycles. The summed E-state index contributed by atoms with van der Waals surface area (Å²) in [4.78, 5) is 15.6. The largest absolute Gasteiger partial charge is 0.350 e. The van der Waals surface area contributed by atoms with Crippen molar-refractivity contribution in [3.63, 3.8) is 0 Å². The van der Waals surface area contributed by atoms with Crippen LogP contribution in [0.1, 0.15) is 23.7 Å². The molecule has 0 saturated carbocycles. The van der Waals surface area contributed by atoms with Gasteiger partial charge in [0, 0.05) is 11.9 Å². The topological polar surface area (TPSA) is 71.6 Å². The highest BCUT2D eigenvalue weighted by molar-refractivity contribution is 5.90. The van der Waals surface area contributed by atoms with Gasteiger partial charge in [0.05, 0.1) is 0 Å². The van der Waals surface area contributed by atoms with Crippen LogP contribution in [0, 0.1) is 20.8 Å². The van der Waals surface area contributed by atoms with Crippen LogP contribution in [0.4, 0.5) is 10.6 Å². The van der Waals surface area contributed by atoms with Crippen LogP contribution in [0.15, 0.2) is 11.2 Å². The van der Waals surface area contributed by atoms with Crippen molar-refractivity contribution in [1.29, 1.82) is 0 Å². The number of aromatic nitrogens is 1. The van der Waals surface area contributed by atoms with Crippen LogP contribution in [0.2, 0.25) is 0 Å². The number of rotatable bonds is 2. The number of nitrogens with zero attached hydrogens (tertiary/aromatic N) is 3. The zero-order valence-electron chi connectivity index (χ0n) is 9.98. The van der Waals surface area contributed by atoms with Gasteiger partial charge in [0.15, 0.2) is 5.82 Å². The molecular weight excluding hydrogens is 204 g/mol. The highest BCUT2D eigenvalue weighted by Crippen LogP contribution is 2.20. The third-order valence-electron chi connectivity index (χ3n) is 2.27. The molecule has 5 heteroatoms. The average Bonchev–Trinajstić information content (AvgIpc) is 2.20. The molecule has 5 nitrogen and oxygen atoms in total. The molecule has 0 aliphatic rings. The second kappa shape index (κ2) is 4.74. The molecule has 0 radical (unpaired) electrons. The second-order valence-electron chi connectivity index (χ2n) is 3.55. The Bertz CT molecular complexity index is 440. The average molecular weight is 220 g/mol. The van der Waals surface area contributed by atoms with Gasteiger partial charge in [-0.05, 0) is 38.8 Å². The van der Waals surface area contributed by atoms with E-state index in [1.54, 1.807) is 6.92 Å². The molecule has 0 aliphatic carbocycles. The molecule has 86 valence electrons. The molecule has 0 aromatic carbocycles. The van der Waals surface area contributed by atoms with Crippen molar-refractivity contribution in [3.8, 4) is 0 Å². The van der Waals surface area contributed by atoms with Crippen molar-refractivity contribution >= 4 is 18.1 Å². The van der Waals surface area contributed by atoms with Gasteiger partial charge < -0.3 is 5.73 Å². The maximum absolute atomic E-state index is 11.2. The number of hydrogen-bond donors (Lipinski definition) is 1. The van der Waals surface area contributed by atoms with Crippen LogP contribution in [0.25, 0.3) is 0 Å². The fourth-order valence-electron chi connectivity index (χ4n) is 1.37. The van der Waals surface area contributed by atoms with Crippen LogP contribution in [-0.4, -0.2) is 17.2 Å². The first kappa shape index (κ1) is 12.2. The summed E-state index contributed by atoms with van der Waals surface area (Å²) in [7, 11) is 0. The van der Waals surface area contributed by atoms with E-state index in [-0.39, 0.29) is 0 Å². The molecule has 0 spiro atoms. The number of hydrazone groups is 1. The number of pyridine rings is 1. The Kier molecular flexibility index (Phi) is 3.60. The number of anilines is 1. The van der Waals surface area contributed by atoms with Crippen molar-refractivity contribution in [2.75, 3.05) is 5.01 Å². The Morgan fingerprint density at radius 3 is 2.56 bits per heavy atom. The van der Waals surface area contributed by atoms with Gasteiger partial charge in [-0.2, -0.15) is 10.1 Å². The highest BCUT2D eigenvalue weighted by Gasteiger charge is 2.15. The lowest BCUT2D eigenvalue weighted by Gasteiger charge is -2.16. The predicted molar refractivity (Wildman–Crippen MR) is 64.7 cm³/mol. The molecule has 0 aliphatic heterocycles. The van der Waals surface area contributed by atoms with Crippen molar-refractivity contribution < 1.29 is 4.79 Å². The van der Waals surface area contributed by atoms with Crippen LogP contribution >= 0.6 is 0 Å². The first-order valence-electron chi connectivity index (χ1n) is 5.00. The normalized spacial score (nSPS) is 10.8. The van der Waals surface area contributed by atoms with E-state index in [4.69, 9.17) is 5.73 Å². The van der Waals surface area contributed by atoms with E-state index in [0.29, 0.717) is 5.82 Å². The summed E-state index contributed by atoms with van der Waals surface area (Å²) in [6.07, 6.45) is 1.50. The van der Waals surface area contributed by atoms with Crippen molar-refractivity contribution in [3.05, 3.63) is 22.9 Å². The summed E-state index contributed by atoms with van der Waals surface area (Å²) in [5.41, 5.74) is 8.05. The van der Waals surface area contributed by atoms with Crippen LogP contribution in [0.5, 0.6) is 0 Å². The molecule has 2 amide bonds. The molecule has 0 bridgehead atoms. The van der Waals surface area contributed by atoms with Crippen LogP contribution in [0.3, 0.4) is 0 Å². The van der Waals surface area contributed by atoms with Gasteiger partial charge in [0.1, 0.15) is 0 Å². The van der Waals surface area contributed by atoms with Crippen LogP contribution in [-0.2, 0) is 0 Å². The first-order valence-corrected chi connectivity index (χ1v) is 5.00. The Hall–Kier alpha value is -1.91. The Morgan fingerprint density at radius 1 is 1.44 bits per heavy atom. The van der Waals surface area contributed by atoms with Gasteiger partial charge in [-0.15, -0.1) is 0 Å². The summed E-state index contributed by atoms with van der Waals surface area (Å²) in [6, 6.07) is 1.32. The number of carbonyl (C=O) groups excluding carboxylic acids is 1. The maximum atomic E-state index is 11.2. The molecule has 0 fully saturated rings. The standard InChI is InChI=1S/C11H16N4O/c1-5-13-15(11(12)16)10-8(3)6-7(2)9(4)14-10/h5-6H,1-4H3,(H2,12,16). The van der Waals surface area contributed by atoms with Gasteiger partial charge in [0.25, 0.3) is 0 Å². The van der Waals surface area contributed by atoms with Crippen molar-refractivity contribution in [1.82, 2.24) is 4.98 Å². The van der Waals surface area contributed by atoms with Crippen molar-refractivity contribution in [2.45, 2.75) is 27.7 Å². The Labute approximate surface area is 95.0 Å². The molecule has 2 N–H and O–H groups in total. The molecular formula is C11H16N4O. The fourth-order valence-corrected chi connectivity index (χ4v) is 1.37. The molecule has 1 heterocycles. The van der Waals surface area contributed by atoms with Crippen molar-refractivity contribution in [2.24, 2.45) is 10.8 Å². The zero-order valence-corrected chi connectivity index (χ0v) is 9.98. The fraction of sp³-hybridized carbons (Fsp3) is 0.364. The molecule has 1 rings (SSSR count). The van der Waals surface area contributed by atoms with Gasteiger partial charge in [-0.1, -0.05) is 6.07 Å². The molecule has 0 atom stereocenters. The van der Waals surface area contributed by atoms with E-state index in [9.17, 15) is 4.79 Å². The summed E-state index contributed by atoms with van der Waals surface area (Å²) < 4.78 is 0. The third kappa shape index (κ3) is 2.36. The summed E-state index contributed by atoms with van der Waals surface area (Å²) in [5.74, 6) is 0.480. The van der Waals surface area contributed by atoms with Crippen LogP contribution < -0.4 is 10.7 Å². The zero-order chi connectivity index (χ0) is 12.3. The van der Waals surface area contributed by atoms with E-state index in [1.807, 2.05) is 26.8 Å². The number of nitrogens with two attached hydrogens (primary N) is 1. The monoisotopic (exact) mass is 220 g/mol. The van der Waals surface area contributed by atoms with E-state index >= 15 is 0 Å². The molecule has 1 aromatic rings. The first-order chi connectivity index (χ1) is 7.47. The summed E-state index contributed by atoms with van der Waals surface area (Å²) in [6.45, 7) is 7.44. The van der Waals surface area contributed by atoms with E-state index in [0.717, 1.165) is 21.8 Å². The number of aryl methyl sites for hydroxylation is 3. The van der Waals surface area contributed by atoms with Gasteiger partial charge in [0.2, 0.25) is 0 Å². The molecule has 0 unspecified atom stereocenters. The second-order valence-corrected chi connectivity index (χ2v) is 3.55. The van der Waals surface area contributed by atoms with Gasteiger partial charge in [-0.3, -0.25) is 0 Å². The van der Waals surface area contributed by atoms with Gasteiger partial charge >= 0.3 is 6.03 Å². The highest BCUT2D eigenvalue weighted by atomic mass is 16.2. The lowest BCUT2D eigenvalue weighted by Crippen LogP contribution is -2.32. The number of carbonyl (C=O) groups is 1. The van der Waals surface area contributed by atoms with E-state index in [1.165, 1.54) is 6.21 Å². The molecule has 16 heavy (non-hydrogen) atoms. The number of primary amides is 1. The number of hydrogen-bond acceptors (Lipinski definition) is 3. The minimum atomic E-state index is -0.642. The predicted octanol–water partition coefficient (Wildman–Crippen LogP) is 1.90. The third-order valence-corrected chi connectivity index (χ3v) is 2.27. The smallest absolute Gasteiger partial charge is 0.341 e. The summed E-state index contributed by atoms with van der Waals surface area (Å²) in [5, 5.41) is 5.00. The minimum absolute atomic E-state index is 0.480. The minimum Gasteiger partial charge on any atom is -0.350 e. The van der Waals surface area contributed by atoms with E-state index in [2.05, 4.69) is 10.1 Å². The Morgan fingerprint density at radius 2 is 2.06 bits per heavy atom. The molecule has 0 saturated heterocycles. The Balaban J connectivity index is 3.29. The summed E-state index contributed by atoms with van der Waals surface area (Å²) >= 11 is 0. The maximum Gasteiger partial charge on any atom is 0.341 e. The SMILES string of the molecule is CC=NN(C(N)=O)c1nc(C)c(C)cc1C.